The standard InChI is InChI=1S/C13H18BrNO2S/c1-2-5-13(12(16)17)6-3-7-15(13)9-11-10(14)4-8-18-11/h4,8H,2-3,5-7,9H2,1H3,(H,16,17). The first-order valence-electron chi connectivity index (χ1n) is 6.30. The zero-order valence-corrected chi connectivity index (χ0v) is 12.9. The van der Waals surface area contributed by atoms with Gasteiger partial charge >= 0.3 is 5.97 Å². The molecule has 0 amide bonds. The van der Waals surface area contributed by atoms with Crippen LogP contribution in [0.25, 0.3) is 0 Å². The van der Waals surface area contributed by atoms with Crippen molar-refractivity contribution in [1.82, 2.24) is 4.90 Å². The van der Waals surface area contributed by atoms with Crippen molar-refractivity contribution in [3.63, 3.8) is 0 Å². The van der Waals surface area contributed by atoms with E-state index in [1.165, 1.54) is 4.88 Å². The van der Waals surface area contributed by atoms with Crippen molar-refractivity contribution in [1.29, 1.82) is 0 Å². The summed E-state index contributed by atoms with van der Waals surface area (Å²) in [4.78, 5) is 15.1. The predicted octanol–water partition coefficient (Wildman–Crippen LogP) is 3.73. The van der Waals surface area contributed by atoms with Crippen LogP contribution in [-0.4, -0.2) is 28.1 Å². The second-order valence-electron chi connectivity index (χ2n) is 4.80. The first kappa shape index (κ1) is 14.0. The van der Waals surface area contributed by atoms with E-state index in [0.717, 1.165) is 43.2 Å². The lowest BCUT2D eigenvalue weighted by Gasteiger charge is -2.34. The molecular weight excluding hydrogens is 314 g/mol. The summed E-state index contributed by atoms with van der Waals surface area (Å²) in [6.07, 6.45) is 3.41. The Morgan fingerprint density at radius 1 is 1.67 bits per heavy atom. The molecule has 2 heterocycles. The highest BCUT2D eigenvalue weighted by molar-refractivity contribution is 9.10. The minimum atomic E-state index is -0.658. The zero-order chi connectivity index (χ0) is 13.2. The van der Waals surface area contributed by atoms with E-state index in [-0.39, 0.29) is 0 Å². The molecule has 0 spiro atoms. The Labute approximate surface area is 120 Å². The van der Waals surface area contributed by atoms with E-state index < -0.39 is 11.5 Å². The van der Waals surface area contributed by atoms with Crippen LogP contribution in [0.2, 0.25) is 0 Å². The van der Waals surface area contributed by atoms with Gasteiger partial charge in [-0.3, -0.25) is 9.69 Å². The Balaban J connectivity index is 2.20. The van der Waals surface area contributed by atoms with Crippen molar-refractivity contribution in [2.24, 2.45) is 0 Å². The third kappa shape index (κ3) is 2.49. The van der Waals surface area contributed by atoms with Gasteiger partial charge in [0.15, 0.2) is 0 Å². The number of rotatable bonds is 5. The summed E-state index contributed by atoms with van der Waals surface area (Å²) in [5.41, 5.74) is -0.641. The number of carboxylic acids is 1. The maximum Gasteiger partial charge on any atom is 0.324 e. The molecule has 18 heavy (non-hydrogen) atoms. The van der Waals surface area contributed by atoms with Crippen LogP contribution in [0, 0.1) is 0 Å². The molecule has 2 rings (SSSR count). The van der Waals surface area contributed by atoms with Gasteiger partial charge in [0.25, 0.3) is 0 Å². The van der Waals surface area contributed by atoms with Crippen LogP contribution in [-0.2, 0) is 11.3 Å². The molecule has 3 nitrogen and oxygen atoms in total. The lowest BCUT2D eigenvalue weighted by Crippen LogP contribution is -2.49. The average molecular weight is 332 g/mol. The third-order valence-corrected chi connectivity index (χ3v) is 5.62. The summed E-state index contributed by atoms with van der Waals surface area (Å²) in [6, 6.07) is 2.03. The second kappa shape index (κ2) is 5.72. The molecular formula is C13H18BrNO2S. The van der Waals surface area contributed by atoms with Gasteiger partial charge < -0.3 is 5.11 Å². The molecule has 0 bridgehead atoms. The Kier molecular flexibility index (Phi) is 4.45. The van der Waals surface area contributed by atoms with Crippen molar-refractivity contribution in [2.45, 2.75) is 44.7 Å². The third-order valence-electron chi connectivity index (χ3n) is 3.71. The quantitative estimate of drug-likeness (QED) is 0.893. The van der Waals surface area contributed by atoms with Gasteiger partial charge in [-0.05, 0) is 53.2 Å². The van der Waals surface area contributed by atoms with E-state index in [9.17, 15) is 9.90 Å². The van der Waals surface area contributed by atoms with Gasteiger partial charge in [0.05, 0.1) is 0 Å². The molecule has 0 aromatic carbocycles. The van der Waals surface area contributed by atoms with Gasteiger partial charge in [-0.25, -0.2) is 0 Å². The fourth-order valence-corrected chi connectivity index (χ4v) is 4.31. The number of hydrogen-bond acceptors (Lipinski definition) is 3. The molecule has 1 unspecified atom stereocenters. The van der Waals surface area contributed by atoms with E-state index in [4.69, 9.17) is 0 Å². The maximum atomic E-state index is 11.7. The molecule has 1 N–H and O–H groups in total. The number of halogens is 1. The van der Waals surface area contributed by atoms with Crippen LogP contribution in [0.4, 0.5) is 0 Å². The van der Waals surface area contributed by atoms with E-state index in [1.807, 2.05) is 11.4 Å². The monoisotopic (exact) mass is 331 g/mol. The molecule has 1 fully saturated rings. The number of thiophene rings is 1. The predicted molar refractivity (Wildman–Crippen MR) is 76.9 cm³/mol. The minimum Gasteiger partial charge on any atom is -0.480 e. The Bertz CT molecular complexity index is 434. The molecule has 0 saturated carbocycles. The molecule has 1 aromatic rings. The number of likely N-dealkylation sites (tertiary alicyclic amines) is 1. The van der Waals surface area contributed by atoms with Gasteiger partial charge in [-0.1, -0.05) is 13.3 Å². The SMILES string of the molecule is CCCC1(C(=O)O)CCCN1Cc1sccc1Br. The van der Waals surface area contributed by atoms with Crippen molar-refractivity contribution >= 4 is 33.2 Å². The highest BCUT2D eigenvalue weighted by Crippen LogP contribution is 2.37. The van der Waals surface area contributed by atoms with Crippen LogP contribution in [0.1, 0.15) is 37.5 Å². The number of nitrogens with zero attached hydrogens (tertiary/aromatic N) is 1. The van der Waals surface area contributed by atoms with Crippen LogP contribution in [0.5, 0.6) is 0 Å². The highest BCUT2D eigenvalue weighted by Gasteiger charge is 2.46. The smallest absolute Gasteiger partial charge is 0.324 e. The topological polar surface area (TPSA) is 40.5 Å². The maximum absolute atomic E-state index is 11.7. The van der Waals surface area contributed by atoms with Crippen LogP contribution in [0.15, 0.2) is 15.9 Å². The fraction of sp³-hybridized carbons (Fsp3) is 0.615. The number of hydrogen-bond donors (Lipinski definition) is 1. The van der Waals surface area contributed by atoms with Gasteiger partial charge in [-0.2, -0.15) is 0 Å². The number of carboxylic acid groups (broad SMARTS) is 1. The van der Waals surface area contributed by atoms with Gasteiger partial charge in [0.1, 0.15) is 5.54 Å². The summed E-state index contributed by atoms with van der Waals surface area (Å²) in [5, 5.41) is 11.7. The van der Waals surface area contributed by atoms with Crippen LogP contribution in [0.3, 0.4) is 0 Å². The number of carbonyl (C=O) groups is 1. The lowest BCUT2D eigenvalue weighted by molar-refractivity contribution is -0.150. The summed E-state index contributed by atoms with van der Waals surface area (Å²) >= 11 is 5.21. The van der Waals surface area contributed by atoms with E-state index in [2.05, 4.69) is 27.8 Å². The van der Waals surface area contributed by atoms with Gasteiger partial charge in [0, 0.05) is 15.9 Å². The average Bonchev–Trinajstić information content (AvgIpc) is 2.89. The van der Waals surface area contributed by atoms with Crippen molar-refractivity contribution < 1.29 is 9.90 Å². The summed E-state index contributed by atoms with van der Waals surface area (Å²) in [7, 11) is 0. The Morgan fingerprint density at radius 3 is 3.00 bits per heavy atom. The minimum absolute atomic E-state index is 0.641. The normalized spacial score (nSPS) is 24.6. The van der Waals surface area contributed by atoms with Gasteiger partial charge in [-0.15, -0.1) is 11.3 Å². The summed E-state index contributed by atoms with van der Waals surface area (Å²) < 4.78 is 1.09. The molecule has 0 aliphatic carbocycles. The summed E-state index contributed by atoms with van der Waals surface area (Å²) in [5.74, 6) is -0.658. The van der Waals surface area contributed by atoms with Gasteiger partial charge in [0.2, 0.25) is 0 Å². The molecule has 1 aliphatic rings. The molecule has 1 atom stereocenters. The number of aliphatic carboxylic acids is 1. The van der Waals surface area contributed by atoms with Crippen molar-refractivity contribution in [3.8, 4) is 0 Å². The Hall–Kier alpha value is -0.390. The molecule has 100 valence electrons. The molecule has 1 saturated heterocycles. The van der Waals surface area contributed by atoms with E-state index in [0.29, 0.717) is 0 Å². The highest BCUT2D eigenvalue weighted by atomic mass is 79.9. The van der Waals surface area contributed by atoms with Crippen molar-refractivity contribution in [2.75, 3.05) is 6.54 Å². The first-order chi connectivity index (χ1) is 8.60. The lowest BCUT2D eigenvalue weighted by atomic mass is 9.90. The molecule has 0 radical (unpaired) electrons. The first-order valence-corrected chi connectivity index (χ1v) is 7.98. The Morgan fingerprint density at radius 2 is 2.44 bits per heavy atom. The summed E-state index contributed by atoms with van der Waals surface area (Å²) in [6.45, 7) is 3.68. The van der Waals surface area contributed by atoms with Crippen LogP contribution < -0.4 is 0 Å². The molecule has 1 aromatic heterocycles. The molecule has 1 aliphatic heterocycles. The van der Waals surface area contributed by atoms with Crippen LogP contribution >= 0.6 is 27.3 Å². The van der Waals surface area contributed by atoms with E-state index in [1.54, 1.807) is 11.3 Å². The fourth-order valence-electron chi connectivity index (χ4n) is 2.82. The largest absolute Gasteiger partial charge is 0.480 e. The van der Waals surface area contributed by atoms with Crippen molar-refractivity contribution in [3.05, 3.63) is 20.8 Å². The zero-order valence-electron chi connectivity index (χ0n) is 10.5. The van der Waals surface area contributed by atoms with E-state index >= 15 is 0 Å². The molecule has 5 heteroatoms. The second-order valence-corrected chi connectivity index (χ2v) is 6.66.